The fourth-order valence-corrected chi connectivity index (χ4v) is 7.14. The van der Waals surface area contributed by atoms with Crippen molar-refractivity contribution in [3.8, 4) is 0 Å². The van der Waals surface area contributed by atoms with Crippen LogP contribution < -0.4 is 5.32 Å². The summed E-state index contributed by atoms with van der Waals surface area (Å²) in [4.78, 5) is 13.0. The molecular formula is C21H25NO2S. The fourth-order valence-electron chi connectivity index (χ4n) is 6.13. The molecule has 3 nitrogen and oxygen atoms in total. The zero-order valence-corrected chi connectivity index (χ0v) is 15.2. The molecule has 4 bridgehead atoms. The van der Waals surface area contributed by atoms with E-state index >= 15 is 0 Å². The molecular weight excluding hydrogens is 330 g/mol. The van der Waals surface area contributed by atoms with E-state index in [0.717, 1.165) is 48.0 Å². The van der Waals surface area contributed by atoms with Crippen molar-refractivity contribution in [1.29, 1.82) is 0 Å². The molecule has 1 atom stereocenters. The summed E-state index contributed by atoms with van der Waals surface area (Å²) in [7, 11) is 0. The number of hydrogen-bond donors (Lipinski definition) is 2. The molecule has 4 aliphatic carbocycles. The summed E-state index contributed by atoms with van der Waals surface area (Å²) >= 11 is 1.65. The van der Waals surface area contributed by atoms with Gasteiger partial charge in [-0.3, -0.25) is 4.79 Å². The Balaban J connectivity index is 1.29. The van der Waals surface area contributed by atoms with Crippen molar-refractivity contribution in [1.82, 2.24) is 5.32 Å². The maximum atomic E-state index is 13.0. The molecule has 132 valence electrons. The standard InChI is InChI=1S/C21H25NO2S/c23-18(17-12-25-19-4-2-1-3-16(17)19)11-22-20(24)21-8-13-5-14(9-21)7-15(6-13)10-21/h1-4,12-15,18,23H,5-11H2,(H,22,24). The average molecular weight is 356 g/mol. The predicted molar refractivity (Wildman–Crippen MR) is 100 cm³/mol. The minimum Gasteiger partial charge on any atom is -0.387 e. The molecule has 1 unspecified atom stereocenters. The Morgan fingerprint density at radius 1 is 1.16 bits per heavy atom. The van der Waals surface area contributed by atoms with Gasteiger partial charge in [-0.2, -0.15) is 0 Å². The monoisotopic (exact) mass is 355 g/mol. The van der Waals surface area contributed by atoms with Crippen LogP contribution in [-0.2, 0) is 4.79 Å². The Morgan fingerprint density at radius 2 is 1.80 bits per heavy atom. The van der Waals surface area contributed by atoms with Crippen LogP contribution >= 0.6 is 11.3 Å². The molecule has 1 aromatic carbocycles. The number of amides is 1. The maximum absolute atomic E-state index is 13.0. The normalized spacial score (nSPS) is 34.4. The Kier molecular flexibility index (Phi) is 3.68. The Morgan fingerprint density at radius 3 is 2.48 bits per heavy atom. The number of thiophene rings is 1. The molecule has 0 saturated heterocycles. The summed E-state index contributed by atoms with van der Waals surface area (Å²) in [6.07, 6.45) is 6.61. The second-order valence-electron chi connectivity index (χ2n) is 8.61. The number of hydrogen-bond acceptors (Lipinski definition) is 3. The maximum Gasteiger partial charge on any atom is 0.226 e. The van der Waals surface area contributed by atoms with Gasteiger partial charge in [0.25, 0.3) is 0 Å². The third-order valence-electron chi connectivity index (χ3n) is 6.85. The van der Waals surface area contributed by atoms with Crippen molar-refractivity contribution in [2.75, 3.05) is 6.54 Å². The highest BCUT2D eigenvalue weighted by molar-refractivity contribution is 7.17. The van der Waals surface area contributed by atoms with E-state index in [9.17, 15) is 9.90 Å². The van der Waals surface area contributed by atoms with E-state index < -0.39 is 6.10 Å². The molecule has 6 rings (SSSR count). The average Bonchev–Trinajstić information content (AvgIpc) is 3.02. The summed E-state index contributed by atoms with van der Waals surface area (Å²) in [5.74, 6) is 2.50. The van der Waals surface area contributed by atoms with Crippen LogP contribution in [0.3, 0.4) is 0 Å². The van der Waals surface area contributed by atoms with Crippen LogP contribution in [0.15, 0.2) is 29.6 Å². The fraction of sp³-hybridized carbons (Fsp3) is 0.571. The SMILES string of the molecule is O=C(NCC(O)c1csc2ccccc12)C12CC3CC(CC(C3)C1)C2. The quantitative estimate of drug-likeness (QED) is 0.860. The highest BCUT2D eigenvalue weighted by Gasteiger charge is 2.54. The number of aliphatic hydroxyl groups excluding tert-OH is 1. The van der Waals surface area contributed by atoms with E-state index in [1.165, 1.54) is 24.0 Å². The van der Waals surface area contributed by atoms with Crippen molar-refractivity contribution in [3.05, 3.63) is 35.2 Å². The molecule has 0 spiro atoms. The number of nitrogens with one attached hydrogen (secondary N) is 1. The summed E-state index contributed by atoms with van der Waals surface area (Å²) < 4.78 is 1.18. The highest BCUT2D eigenvalue weighted by atomic mass is 32.1. The molecule has 1 aromatic heterocycles. The minimum atomic E-state index is -0.631. The van der Waals surface area contributed by atoms with Crippen LogP contribution in [0, 0.1) is 23.2 Å². The van der Waals surface area contributed by atoms with E-state index in [0.29, 0.717) is 6.54 Å². The van der Waals surface area contributed by atoms with E-state index in [1.807, 2.05) is 23.6 Å². The molecule has 0 radical (unpaired) electrons. The summed E-state index contributed by atoms with van der Waals surface area (Å²) in [6, 6.07) is 8.14. The first-order chi connectivity index (χ1) is 12.1. The van der Waals surface area contributed by atoms with Crippen LogP contribution in [-0.4, -0.2) is 17.6 Å². The Labute approximate surface area is 152 Å². The van der Waals surface area contributed by atoms with E-state index in [4.69, 9.17) is 0 Å². The Bertz CT molecular complexity index is 776. The number of benzene rings is 1. The molecule has 4 fully saturated rings. The molecule has 0 aliphatic heterocycles. The smallest absolute Gasteiger partial charge is 0.226 e. The van der Waals surface area contributed by atoms with E-state index in [2.05, 4.69) is 11.4 Å². The molecule has 4 saturated carbocycles. The molecule has 25 heavy (non-hydrogen) atoms. The van der Waals surface area contributed by atoms with Crippen LogP contribution in [0.4, 0.5) is 0 Å². The largest absolute Gasteiger partial charge is 0.387 e. The van der Waals surface area contributed by atoms with E-state index in [1.54, 1.807) is 11.3 Å². The van der Waals surface area contributed by atoms with Gasteiger partial charge in [0.2, 0.25) is 5.91 Å². The zero-order chi connectivity index (χ0) is 17.0. The lowest BCUT2D eigenvalue weighted by Crippen LogP contribution is -2.54. The first-order valence-corrected chi connectivity index (χ1v) is 10.4. The van der Waals surface area contributed by atoms with Gasteiger partial charge in [0, 0.05) is 22.2 Å². The molecule has 4 heteroatoms. The van der Waals surface area contributed by atoms with Gasteiger partial charge in [0.15, 0.2) is 0 Å². The van der Waals surface area contributed by atoms with Crippen LogP contribution in [0.25, 0.3) is 10.1 Å². The lowest BCUT2D eigenvalue weighted by molar-refractivity contribution is -0.146. The van der Waals surface area contributed by atoms with Crippen molar-refractivity contribution in [2.45, 2.75) is 44.6 Å². The number of fused-ring (bicyclic) bond motifs is 1. The topological polar surface area (TPSA) is 49.3 Å². The second-order valence-corrected chi connectivity index (χ2v) is 9.52. The number of carbonyl (C=O) groups is 1. The van der Waals surface area contributed by atoms with Gasteiger partial charge in [-0.25, -0.2) is 0 Å². The second kappa shape index (κ2) is 5.82. The Hall–Kier alpha value is -1.39. The number of aliphatic hydroxyl groups is 1. The van der Waals surface area contributed by atoms with Crippen molar-refractivity contribution in [3.63, 3.8) is 0 Å². The summed E-state index contributed by atoms with van der Waals surface area (Å²) in [5.41, 5.74) is 0.803. The summed E-state index contributed by atoms with van der Waals surface area (Å²) in [6.45, 7) is 0.321. The van der Waals surface area contributed by atoms with Crippen LogP contribution in [0.2, 0.25) is 0 Å². The molecule has 2 aromatic rings. The third kappa shape index (κ3) is 2.61. The van der Waals surface area contributed by atoms with Gasteiger partial charge in [-0.1, -0.05) is 18.2 Å². The third-order valence-corrected chi connectivity index (χ3v) is 7.83. The molecule has 2 N–H and O–H groups in total. The minimum absolute atomic E-state index is 0.134. The lowest BCUT2D eigenvalue weighted by Gasteiger charge is -2.55. The van der Waals surface area contributed by atoms with Crippen LogP contribution in [0.5, 0.6) is 0 Å². The first-order valence-electron chi connectivity index (χ1n) is 9.55. The highest BCUT2D eigenvalue weighted by Crippen LogP contribution is 2.60. The van der Waals surface area contributed by atoms with Gasteiger partial charge in [-0.05, 0) is 73.1 Å². The van der Waals surface area contributed by atoms with Gasteiger partial charge < -0.3 is 10.4 Å². The van der Waals surface area contributed by atoms with Gasteiger partial charge >= 0.3 is 0 Å². The molecule has 4 aliphatic rings. The van der Waals surface area contributed by atoms with Gasteiger partial charge in [-0.15, -0.1) is 11.3 Å². The van der Waals surface area contributed by atoms with Crippen LogP contribution in [0.1, 0.15) is 50.2 Å². The molecule has 1 heterocycles. The number of carbonyl (C=O) groups excluding carboxylic acids is 1. The van der Waals surface area contributed by atoms with Gasteiger partial charge in [0.1, 0.15) is 0 Å². The van der Waals surface area contributed by atoms with E-state index in [-0.39, 0.29) is 11.3 Å². The zero-order valence-electron chi connectivity index (χ0n) is 14.4. The number of rotatable bonds is 4. The van der Waals surface area contributed by atoms with Crippen molar-refractivity contribution in [2.24, 2.45) is 23.2 Å². The first kappa shape index (κ1) is 15.8. The summed E-state index contributed by atoms with van der Waals surface area (Å²) in [5, 5.41) is 16.9. The predicted octanol–water partition coefficient (Wildman–Crippen LogP) is 4.27. The van der Waals surface area contributed by atoms with Crippen molar-refractivity contribution >= 4 is 27.3 Å². The van der Waals surface area contributed by atoms with Crippen molar-refractivity contribution < 1.29 is 9.90 Å². The lowest BCUT2D eigenvalue weighted by atomic mass is 9.49. The molecule has 1 amide bonds. The van der Waals surface area contributed by atoms with Gasteiger partial charge in [0.05, 0.1) is 6.10 Å².